The highest BCUT2D eigenvalue weighted by Crippen LogP contribution is 2.49. The van der Waals surface area contributed by atoms with Crippen molar-refractivity contribution in [3.63, 3.8) is 0 Å². The minimum absolute atomic E-state index is 0.598. The molecule has 3 rings (SSSR count). The van der Waals surface area contributed by atoms with E-state index in [0.29, 0.717) is 6.42 Å². The second-order valence-electron chi connectivity index (χ2n) is 4.27. The van der Waals surface area contributed by atoms with Crippen molar-refractivity contribution in [2.45, 2.75) is 18.9 Å². The summed E-state index contributed by atoms with van der Waals surface area (Å²) in [7, 11) is 0. The van der Waals surface area contributed by atoms with Gasteiger partial charge in [0.2, 0.25) is 0 Å². The maximum atomic E-state index is 12.9. The first-order valence-corrected chi connectivity index (χ1v) is 5.67. The van der Waals surface area contributed by atoms with Crippen molar-refractivity contribution in [2.75, 3.05) is 0 Å². The van der Waals surface area contributed by atoms with Crippen LogP contribution in [0.15, 0.2) is 48.5 Å². The average molecular weight is 209 g/mol. The van der Waals surface area contributed by atoms with E-state index in [0.717, 1.165) is 22.3 Å². The first-order valence-electron chi connectivity index (χ1n) is 5.67. The molecule has 1 radical (unpaired) electrons. The molecule has 0 amide bonds. The fraction of sp³-hybridized carbons (Fsp3) is 0.200. The summed E-state index contributed by atoms with van der Waals surface area (Å²) in [6.07, 6.45) is 0.598. The van der Waals surface area contributed by atoms with Crippen molar-refractivity contribution in [3.8, 4) is 11.1 Å². The highest BCUT2D eigenvalue weighted by Gasteiger charge is 2.41. The molecule has 1 aliphatic carbocycles. The minimum Gasteiger partial charge on any atom is -0.219 e. The monoisotopic (exact) mass is 209 g/mol. The molecule has 1 aliphatic rings. The molecule has 0 fully saturated rings. The molecule has 0 heterocycles. The predicted molar refractivity (Wildman–Crippen MR) is 63.6 cm³/mol. The van der Waals surface area contributed by atoms with Crippen LogP contribution in [-0.4, -0.2) is 0 Å². The van der Waals surface area contributed by atoms with Crippen LogP contribution in [0.4, 0.5) is 0 Å². The highest BCUT2D eigenvalue weighted by atomic mass is 16.3. The number of rotatable bonds is 1. The van der Waals surface area contributed by atoms with Crippen LogP contribution >= 0.6 is 0 Å². The van der Waals surface area contributed by atoms with Gasteiger partial charge in [0.25, 0.3) is 0 Å². The first-order chi connectivity index (χ1) is 7.77. The van der Waals surface area contributed by atoms with Crippen LogP contribution in [0, 0.1) is 0 Å². The molecule has 1 nitrogen and oxygen atoms in total. The Labute approximate surface area is 95.4 Å². The SMILES string of the molecule is CCC1([O])c2ccccc2-c2ccccc21. The van der Waals surface area contributed by atoms with Gasteiger partial charge in [0.05, 0.1) is 0 Å². The molecule has 0 unspecified atom stereocenters. The zero-order chi connectivity index (χ0) is 11.2. The first kappa shape index (κ1) is 9.61. The summed E-state index contributed by atoms with van der Waals surface area (Å²) in [6, 6.07) is 15.9. The Morgan fingerprint density at radius 3 is 1.75 bits per heavy atom. The standard InChI is InChI=1S/C15H13O/c1-2-15(16)13-9-5-3-7-11(13)12-8-4-6-10-14(12)15/h3-10H,2H2,1H3. The number of hydrogen-bond donors (Lipinski definition) is 0. The van der Waals surface area contributed by atoms with Gasteiger partial charge in [-0.25, -0.2) is 5.11 Å². The summed E-state index contributed by atoms with van der Waals surface area (Å²) in [5.41, 5.74) is 3.02. The lowest BCUT2D eigenvalue weighted by atomic mass is 9.89. The Kier molecular flexibility index (Phi) is 1.92. The van der Waals surface area contributed by atoms with E-state index >= 15 is 0 Å². The maximum absolute atomic E-state index is 12.9. The van der Waals surface area contributed by atoms with Crippen LogP contribution < -0.4 is 0 Å². The van der Waals surface area contributed by atoms with Crippen molar-refractivity contribution < 1.29 is 5.11 Å². The summed E-state index contributed by atoms with van der Waals surface area (Å²) < 4.78 is 0. The minimum atomic E-state index is -1.05. The number of benzene rings is 2. The van der Waals surface area contributed by atoms with Gasteiger partial charge in [0, 0.05) is 0 Å². The normalized spacial score (nSPS) is 15.6. The average Bonchev–Trinajstić information content (AvgIpc) is 2.62. The van der Waals surface area contributed by atoms with Gasteiger partial charge < -0.3 is 0 Å². The van der Waals surface area contributed by atoms with Gasteiger partial charge in [0.15, 0.2) is 5.60 Å². The Bertz CT molecular complexity index is 497. The van der Waals surface area contributed by atoms with Crippen LogP contribution in [0.25, 0.3) is 11.1 Å². The van der Waals surface area contributed by atoms with E-state index in [4.69, 9.17) is 0 Å². The summed E-state index contributed by atoms with van der Waals surface area (Å²) in [4.78, 5) is 0. The van der Waals surface area contributed by atoms with E-state index in [9.17, 15) is 5.11 Å². The smallest absolute Gasteiger partial charge is 0.154 e. The molecule has 1 heteroatoms. The Morgan fingerprint density at radius 1 is 0.875 bits per heavy atom. The van der Waals surface area contributed by atoms with Gasteiger partial charge in [-0.05, 0) is 28.7 Å². The molecular weight excluding hydrogens is 196 g/mol. The summed E-state index contributed by atoms with van der Waals surface area (Å²) in [5.74, 6) is 0. The Hall–Kier alpha value is -1.60. The molecule has 0 spiro atoms. The quantitative estimate of drug-likeness (QED) is 0.681. The van der Waals surface area contributed by atoms with Gasteiger partial charge in [-0.3, -0.25) is 0 Å². The number of hydrogen-bond acceptors (Lipinski definition) is 0. The molecule has 0 atom stereocenters. The van der Waals surface area contributed by atoms with Crippen LogP contribution in [0.2, 0.25) is 0 Å². The van der Waals surface area contributed by atoms with Crippen molar-refractivity contribution in [1.29, 1.82) is 0 Å². The molecule has 0 saturated carbocycles. The predicted octanol–water partition coefficient (Wildman–Crippen LogP) is 3.75. The van der Waals surface area contributed by atoms with E-state index in [1.54, 1.807) is 0 Å². The molecule has 0 saturated heterocycles. The molecule has 2 aromatic rings. The van der Waals surface area contributed by atoms with Crippen LogP contribution in [0.3, 0.4) is 0 Å². The van der Waals surface area contributed by atoms with E-state index < -0.39 is 5.60 Å². The van der Waals surface area contributed by atoms with Gasteiger partial charge in [-0.1, -0.05) is 55.5 Å². The molecule has 79 valence electrons. The fourth-order valence-corrected chi connectivity index (χ4v) is 2.67. The lowest BCUT2D eigenvalue weighted by Crippen LogP contribution is -2.21. The summed E-state index contributed by atoms with van der Waals surface area (Å²) >= 11 is 0. The molecular formula is C15H13O. The topological polar surface area (TPSA) is 19.9 Å². The largest absolute Gasteiger partial charge is 0.219 e. The molecule has 0 aromatic heterocycles. The molecule has 16 heavy (non-hydrogen) atoms. The summed E-state index contributed by atoms with van der Waals surface area (Å²) in [6.45, 7) is 1.96. The van der Waals surface area contributed by atoms with E-state index in [2.05, 4.69) is 0 Å². The van der Waals surface area contributed by atoms with Crippen molar-refractivity contribution in [3.05, 3.63) is 59.7 Å². The van der Waals surface area contributed by atoms with Crippen molar-refractivity contribution in [1.82, 2.24) is 0 Å². The maximum Gasteiger partial charge on any atom is 0.154 e. The zero-order valence-electron chi connectivity index (χ0n) is 9.23. The Morgan fingerprint density at radius 2 is 1.31 bits per heavy atom. The second-order valence-corrected chi connectivity index (χ2v) is 4.27. The third-order valence-corrected chi connectivity index (χ3v) is 3.51. The molecule has 0 aliphatic heterocycles. The van der Waals surface area contributed by atoms with Gasteiger partial charge in [-0.2, -0.15) is 0 Å². The Balaban J connectivity index is 2.39. The molecule has 2 aromatic carbocycles. The number of fused-ring (bicyclic) bond motifs is 3. The van der Waals surface area contributed by atoms with E-state index in [-0.39, 0.29) is 0 Å². The van der Waals surface area contributed by atoms with Crippen molar-refractivity contribution in [2.24, 2.45) is 0 Å². The lowest BCUT2D eigenvalue weighted by Gasteiger charge is -2.20. The second kappa shape index (κ2) is 3.19. The van der Waals surface area contributed by atoms with Crippen LogP contribution in [0.5, 0.6) is 0 Å². The molecule has 0 N–H and O–H groups in total. The van der Waals surface area contributed by atoms with E-state index in [1.165, 1.54) is 0 Å². The third-order valence-electron chi connectivity index (χ3n) is 3.51. The lowest BCUT2D eigenvalue weighted by molar-refractivity contribution is 0.00356. The van der Waals surface area contributed by atoms with Gasteiger partial charge in [-0.15, -0.1) is 0 Å². The highest BCUT2D eigenvalue weighted by molar-refractivity contribution is 5.79. The van der Waals surface area contributed by atoms with Gasteiger partial charge >= 0.3 is 0 Å². The van der Waals surface area contributed by atoms with Crippen molar-refractivity contribution >= 4 is 0 Å². The van der Waals surface area contributed by atoms with Crippen LogP contribution in [0.1, 0.15) is 24.5 Å². The zero-order valence-corrected chi connectivity index (χ0v) is 9.23. The summed E-state index contributed by atoms with van der Waals surface area (Å²) in [5, 5.41) is 12.9. The fourth-order valence-electron chi connectivity index (χ4n) is 2.67. The van der Waals surface area contributed by atoms with Crippen LogP contribution in [-0.2, 0) is 10.7 Å². The van der Waals surface area contributed by atoms with E-state index in [1.807, 2.05) is 55.5 Å². The third kappa shape index (κ3) is 1.04. The van der Waals surface area contributed by atoms with Gasteiger partial charge in [0.1, 0.15) is 0 Å². The molecule has 0 bridgehead atoms.